The molecule has 1 aromatic carbocycles. The minimum Gasteiger partial charge on any atom is -0.440 e. The number of urea groups is 1. The number of fused-ring (bicyclic) bond motifs is 1. The average Bonchev–Trinajstić information content (AvgIpc) is 2.98. The van der Waals surface area contributed by atoms with Crippen molar-refractivity contribution >= 4 is 22.8 Å². The normalized spacial score (nSPS) is 17.7. The van der Waals surface area contributed by atoms with Crippen molar-refractivity contribution < 1.29 is 14.3 Å². The van der Waals surface area contributed by atoms with Gasteiger partial charge in [-0.15, -0.1) is 0 Å². The molecule has 0 aliphatic carbocycles. The lowest BCUT2D eigenvalue weighted by Crippen LogP contribution is -2.42. The van der Waals surface area contributed by atoms with Gasteiger partial charge in [-0.1, -0.05) is 20.8 Å². The zero-order chi connectivity index (χ0) is 18.2. The summed E-state index contributed by atoms with van der Waals surface area (Å²) in [7, 11) is 0. The molecule has 0 spiro atoms. The second-order valence-corrected chi connectivity index (χ2v) is 7.95. The van der Waals surface area contributed by atoms with Crippen LogP contribution in [0.3, 0.4) is 0 Å². The molecule has 2 amide bonds. The third-order valence-corrected chi connectivity index (χ3v) is 4.79. The van der Waals surface area contributed by atoms with Crippen LogP contribution in [-0.2, 0) is 5.41 Å². The molecule has 2 heterocycles. The smallest absolute Gasteiger partial charge is 0.321 e. The summed E-state index contributed by atoms with van der Waals surface area (Å²) in [6.07, 6.45) is 1.36. The van der Waals surface area contributed by atoms with Gasteiger partial charge in [0.1, 0.15) is 5.52 Å². The summed E-state index contributed by atoms with van der Waals surface area (Å²) in [6, 6.07) is 5.41. The van der Waals surface area contributed by atoms with Gasteiger partial charge in [0.25, 0.3) is 0 Å². The van der Waals surface area contributed by atoms with Gasteiger partial charge in [0, 0.05) is 24.2 Å². The number of oxazole rings is 1. The van der Waals surface area contributed by atoms with Crippen LogP contribution in [0.4, 0.5) is 10.5 Å². The third-order valence-electron chi connectivity index (χ3n) is 4.79. The number of amides is 2. The molecule has 6 heteroatoms. The Balaban J connectivity index is 1.67. The Hall–Kier alpha value is -2.08. The van der Waals surface area contributed by atoms with E-state index in [1.54, 1.807) is 4.90 Å². The second kappa shape index (κ2) is 6.67. The summed E-state index contributed by atoms with van der Waals surface area (Å²) in [5, 5.41) is 12.6. The van der Waals surface area contributed by atoms with Crippen molar-refractivity contribution in [1.82, 2.24) is 9.88 Å². The molecule has 2 aromatic rings. The van der Waals surface area contributed by atoms with Crippen LogP contribution in [0.25, 0.3) is 11.1 Å². The van der Waals surface area contributed by atoms with E-state index < -0.39 is 0 Å². The molecule has 1 aliphatic heterocycles. The molecule has 1 saturated heterocycles. The molecule has 3 rings (SSSR count). The molecule has 1 aromatic heterocycles. The molecule has 2 N–H and O–H groups in total. The number of hydrogen-bond donors (Lipinski definition) is 2. The van der Waals surface area contributed by atoms with E-state index in [4.69, 9.17) is 4.42 Å². The van der Waals surface area contributed by atoms with Gasteiger partial charge in [-0.2, -0.15) is 0 Å². The van der Waals surface area contributed by atoms with Crippen molar-refractivity contribution in [2.75, 3.05) is 18.4 Å². The van der Waals surface area contributed by atoms with E-state index in [2.05, 4.69) is 31.1 Å². The van der Waals surface area contributed by atoms with Crippen LogP contribution in [0.1, 0.15) is 46.4 Å². The van der Waals surface area contributed by atoms with Crippen LogP contribution in [0.5, 0.6) is 0 Å². The first-order chi connectivity index (χ1) is 11.7. The van der Waals surface area contributed by atoms with Crippen molar-refractivity contribution in [2.24, 2.45) is 5.92 Å². The summed E-state index contributed by atoms with van der Waals surface area (Å²) >= 11 is 0. The maximum absolute atomic E-state index is 12.5. The molecule has 1 unspecified atom stereocenters. The van der Waals surface area contributed by atoms with E-state index in [1.165, 1.54) is 0 Å². The fourth-order valence-corrected chi connectivity index (χ4v) is 3.11. The van der Waals surface area contributed by atoms with Gasteiger partial charge in [0.2, 0.25) is 5.89 Å². The number of piperidine rings is 1. The van der Waals surface area contributed by atoms with Gasteiger partial charge in [0.05, 0.1) is 6.10 Å². The average molecular weight is 345 g/mol. The molecular weight excluding hydrogens is 318 g/mol. The molecule has 0 bridgehead atoms. The maximum Gasteiger partial charge on any atom is 0.321 e. The van der Waals surface area contributed by atoms with Gasteiger partial charge >= 0.3 is 6.03 Å². The Kier molecular flexibility index (Phi) is 4.73. The Morgan fingerprint density at radius 1 is 1.36 bits per heavy atom. The number of rotatable bonds is 2. The van der Waals surface area contributed by atoms with Crippen molar-refractivity contribution in [2.45, 2.75) is 52.1 Å². The number of likely N-dealkylation sites (tertiary alicyclic amines) is 1. The quantitative estimate of drug-likeness (QED) is 0.869. The van der Waals surface area contributed by atoms with Gasteiger partial charge in [-0.25, -0.2) is 9.78 Å². The number of anilines is 1. The highest BCUT2D eigenvalue weighted by atomic mass is 16.3. The van der Waals surface area contributed by atoms with Crippen LogP contribution < -0.4 is 5.32 Å². The fourth-order valence-electron chi connectivity index (χ4n) is 3.11. The number of aromatic nitrogens is 1. The molecule has 1 atom stereocenters. The molecule has 25 heavy (non-hydrogen) atoms. The van der Waals surface area contributed by atoms with Crippen LogP contribution in [-0.4, -0.2) is 40.2 Å². The van der Waals surface area contributed by atoms with Crippen molar-refractivity contribution in [1.29, 1.82) is 0 Å². The molecule has 1 fully saturated rings. The van der Waals surface area contributed by atoms with E-state index >= 15 is 0 Å². The van der Waals surface area contributed by atoms with Crippen LogP contribution in [0.2, 0.25) is 0 Å². The molecule has 1 aliphatic rings. The van der Waals surface area contributed by atoms with Crippen LogP contribution >= 0.6 is 0 Å². The van der Waals surface area contributed by atoms with E-state index in [0.29, 0.717) is 24.7 Å². The minimum atomic E-state index is -0.309. The lowest BCUT2D eigenvalue weighted by Gasteiger charge is -2.33. The summed E-state index contributed by atoms with van der Waals surface area (Å²) in [5.41, 5.74) is 2.02. The Labute approximate surface area is 148 Å². The summed E-state index contributed by atoms with van der Waals surface area (Å²) in [5.74, 6) is 0.970. The van der Waals surface area contributed by atoms with Gasteiger partial charge < -0.3 is 19.7 Å². The maximum atomic E-state index is 12.5. The monoisotopic (exact) mass is 345 g/mol. The van der Waals surface area contributed by atoms with E-state index in [0.717, 1.165) is 23.9 Å². The van der Waals surface area contributed by atoms with Crippen molar-refractivity contribution in [3.8, 4) is 0 Å². The highest BCUT2D eigenvalue weighted by molar-refractivity contribution is 5.91. The third kappa shape index (κ3) is 3.95. The molecule has 6 nitrogen and oxygen atoms in total. The molecule has 0 saturated carbocycles. The molecular formula is C19H27N3O3. The van der Waals surface area contributed by atoms with E-state index in [1.807, 2.05) is 25.1 Å². The fraction of sp³-hybridized carbons (Fsp3) is 0.579. The van der Waals surface area contributed by atoms with Gasteiger partial charge in [-0.3, -0.25) is 0 Å². The number of carbonyl (C=O) groups excluding carboxylic acids is 1. The van der Waals surface area contributed by atoms with Gasteiger partial charge in [0.15, 0.2) is 5.58 Å². The van der Waals surface area contributed by atoms with E-state index in [-0.39, 0.29) is 23.5 Å². The lowest BCUT2D eigenvalue weighted by atomic mass is 9.92. The number of hydrogen-bond acceptors (Lipinski definition) is 4. The number of carbonyl (C=O) groups is 1. The number of aliphatic hydroxyl groups excluding tert-OH is 1. The Morgan fingerprint density at radius 2 is 2.04 bits per heavy atom. The highest BCUT2D eigenvalue weighted by Gasteiger charge is 2.26. The van der Waals surface area contributed by atoms with Crippen LogP contribution in [0.15, 0.2) is 22.6 Å². The Bertz CT molecular complexity index is 753. The first kappa shape index (κ1) is 17.7. The number of benzene rings is 1. The van der Waals surface area contributed by atoms with Gasteiger partial charge in [-0.05, 0) is 43.9 Å². The first-order valence-electron chi connectivity index (χ1n) is 8.89. The Morgan fingerprint density at radius 3 is 2.64 bits per heavy atom. The number of nitrogens with one attached hydrogen (secondary N) is 1. The van der Waals surface area contributed by atoms with Crippen molar-refractivity contribution in [3.63, 3.8) is 0 Å². The first-order valence-corrected chi connectivity index (χ1v) is 8.89. The largest absolute Gasteiger partial charge is 0.440 e. The standard InChI is InChI=1S/C19H27N3O3/c1-12(23)13-7-9-22(10-8-13)18(24)20-14-5-6-16-15(11-14)21-17(25-16)19(2,3)4/h5-6,11-13,23H,7-10H2,1-4H3,(H,20,24). The zero-order valence-corrected chi connectivity index (χ0v) is 15.4. The topological polar surface area (TPSA) is 78.6 Å². The second-order valence-electron chi connectivity index (χ2n) is 7.95. The summed E-state index contributed by atoms with van der Waals surface area (Å²) in [4.78, 5) is 18.8. The summed E-state index contributed by atoms with van der Waals surface area (Å²) < 4.78 is 5.79. The number of aliphatic hydroxyl groups is 1. The van der Waals surface area contributed by atoms with E-state index in [9.17, 15) is 9.90 Å². The predicted octanol–water partition coefficient (Wildman–Crippen LogP) is 3.75. The summed E-state index contributed by atoms with van der Waals surface area (Å²) in [6.45, 7) is 9.31. The molecule has 0 radical (unpaired) electrons. The zero-order valence-electron chi connectivity index (χ0n) is 15.4. The van der Waals surface area contributed by atoms with Crippen LogP contribution in [0, 0.1) is 5.92 Å². The molecule has 136 valence electrons. The number of nitrogens with zero attached hydrogens (tertiary/aromatic N) is 2. The minimum absolute atomic E-state index is 0.108. The lowest BCUT2D eigenvalue weighted by molar-refractivity contribution is 0.0820. The SMILES string of the molecule is CC(O)C1CCN(C(=O)Nc2ccc3oc(C(C)(C)C)nc3c2)CC1. The van der Waals surface area contributed by atoms with Crippen molar-refractivity contribution in [3.05, 3.63) is 24.1 Å². The predicted molar refractivity (Wildman–Crippen MR) is 97.7 cm³/mol. The highest BCUT2D eigenvalue weighted by Crippen LogP contribution is 2.27.